The lowest BCUT2D eigenvalue weighted by Crippen LogP contribution is -2.15. The second-order valence-electron chi connectivity index (χ2n) is 5.65. The van der Waals surface area contributed by atoms with Crippen LogP contribution in [0.5, 0.6) is 0 Å². The van der Waals surface area contributed by atoms with Crippen molar-refractivity contribution in [1.29, 1.82) is 0 Å². The highest BCUT2D eigenvalue weighted by Crippen LogP contribution is 2.24. The van der Waals surface area contributed by atoms with Gasteiger partial charge in [-0.25, -0.2) is 8.42 Å². The summed E-state index contributed by atoms with van der Waals surface area (Å²) >= 11 is 0. The lowest BCUT2D eigenvalue weighted by molar-refractivity contribution is 0.595. The van der Waals surface area contributed by atoms with Gasteiger partial charge in [0.2, 0.25) is 0 Å². The molecule has 1 saturated carbocycles. The molecule has 0 atom stereocenters. The number of nitrogens with one attached hydrogen (secondary N) is 1. The molecule has 0 amide bonds. The van der Waals surface area contributed by atoms with Crippen molar-refractivity contribution in [3.8, 4) is 0 Å². The number of sulfone groups is 1. The highest BCUT2D eigenvalue weighted by molar-refractivity contribution is 7.90. The van der Waals surface area contributed by atoms with Crippen molar-refractivity contribution in [1.82, 2.24) is 9.88 Å². The van der Waals surface area contributed by atoms with Gasteiger partial charge in [-0.3, -0.25) is 0 Å². The van der Waals surface area contributed by atoms with Crippen molar-refractivity contribution in [2.75, 3.05) is 12.0 Å². The third-order valence-corrected chi connectivity index (χ3v) is 4.66. The third-order valence-electron chi connectivity index (χ3n) is 3.73. The maximum Gasteiger partial charge on any atom is 0.149 e. The number of hydrogen-bond acceptors (Lipinski definition) is 3. The molecule has 108 valence electrons. The Morgan fingerprint density at radius 3 is 2.75 bits per heavy atom. The molecule has 0 spiro atoms. The van der Waals surface area contributed by atoms with Crippen LogP contribution in [0.25, 0.3) is 10.9 Å². The van der Waals surface area contributed by atoms with Gasteiger partial charge < -0.3 is 9.88 Å². The Kier molecular flexibility index (Phi) is 3.56. The summed E-state index contributed by atoms with van der Waals surface area (Å²) < 4.78 is 24.7. The molecular weight excluding hydrogens is 272 g/mol. The molecule has 1 aliphatic rings. The number of benzene rings is 1. The Balaban J connectivity index is 1.86. The second kappa shape index (κ2) is 5.22. The Labute approximate surface area is 119 Å². The monoisotopic (exact) mass is 292 g/mol. The minimum Gasteiger partial charge on any atom is -0.346 e. The first-order valence-electron chi connectivity index (χ1n) is 7.01. The minimum atomic E-state index is -2.93. The lowest BCUT2D eigenvalue weighted by Gasteiger charge is -2.03. The number of aromatic nitrogens is 1. The molecule has 5 heteroatoms. The molecule has 1 aromatic heterocycles. The molecule has 0 saturated heterocycles. The maximum atomic E-state index is 11.3. The third kappa shape index (κ3) is 3.22. The van der Waals surface area contributed by atoms with E-state index in [-0.39, 0.29) is 5.75 Å². The number of nitrogens with zero attached hydrogens (tertiary/aromatic N) is 1. The number of aryl methyl sites for hydroxylation is 1. The Morgan fingerprint density at radius 1 is 1.30 bits per heavy atom. The summed E-state index contributed by atoms with van der Waals surface area (Å²) in [6.45, 7) is 1.37. The van der Waals surface area contributed by atoms with E-state index in [0.717, 1.165) is 12.1 Å². The summed E-state index contributed by atoms with van der Waals surface area (Å²) in [5.74, 6) is 0.182. The molecular formula is C15H20N2O2S. The maximum absolute atomic E-state index is 11.3. The number of fused-ring (bicyclic) bond motifs is 1. The van der Waals surface area contributed by atoms with Crippen molar-refractivity contribution in [3.05, 3.63) is 36.0 Å². The lowest BCUT2D eigenvalue weighted by atomic mass is 10.2. The molecule has 4 nitrogen and oxygen atoms in total. The van der Waals surface area contributed by atoms with Gasteiger partial charge in [0.15, 0.2) is 0 Å². The molecule has 1 aliphatic carbocycles. The molecule has 1 aromatic carbocycles. The van der Waals surface area contributed by atoms with Crippen LogP contribution in [0, 0.1) is 0 Å². The van der Waals surface area contributed by atoms with Crippen LogP contribution in [0.1, 0.15) is 18.4 Å². The van der Waals surface area contributed by atoms with E-state index in [1.165, 1.54) is 30.0 Å². The van der Waals surface area contributed by atoms with Gasteiger partial charge in [-0.15, -0.1) is 0 Å². The summed E-state index contributed by atoms with van der Waals surface area (Å²) in [6.07, 6.45) is 5.92. The Hall–Kier alpha value is -1.33. The predicted octanol–water partition coefficient (Wildman–Crippen LogP) is 1.94. The molecule has 0 unspecified atom stereocenters. The van der Waals surface area contributed by atoms with E-state index >= 15 is 0 Å². The zero-order chi connectivity index (χ0) is 14.2. The van der Waals surface area contributed by atoms with Gasteiger partial charge in [-0.05, 0) is 24.5 Å². The van der Waals surface area contributed by atoms with Crippen LogP contribution in [0.15, 0.2) is 30.5 Å². The molecule has 0 bridgehead atoms. The predicted molar refractivity (Wildman–Crippen MR) is 81.5 cm³/mol. The summed E-state index contributed by atoms with van der Waals surface area (Å²) in [4.78, 5) is 0. The fourth-order valence-electron chi connectivity index (χ4n) is 2.45. The van der Waals surface area contributed by atoms with Crippen LogP contribution in [-0.2, 0) is 22.9 Å². The van der Waals surface area contributed by atoms with Crippen LogP contribution >= 0.6 is 0 Å². The largest absolute Gasteiger partial charge is 0.346 e. The molecule has 0 aliphatic heterocycles. The summed E-state index contributed by atoms with van der Waals surface area (Å²) in [7, 11) is -2.93. The van der Waals surface area contributed by atoms with Gasteiger partial charge in [-0.1, -0.05) is 18.2 Å². The van der Waals surface area contributed by atoms with E-state index in [1.807, 2.05) is 12.1 Å². The van der Waals surface area contributed by atoms with E-state index in [1.54, 1.807) is 0 Å². The number of para-hydroxylation sites is 1. The van der Waals surface area contributed by atoms with Crippen molar-refractivity contribution in [2.24, 2.45) is 0 Å². The van der Waals surface area contributed by atoms with Crippen LogP contribution in [0.3, 0.4) is 0 Å². The first kappa shape index (κ1) is 13.6. The fourth-order valence-corrected chi connectivity index (χ4v) is 2.98. The van der Waals surface area contributed by atoms with Gasteiger partial charge in [0.1, 0.15) is 9.84 Å². The van der Waals surface area contributed by atoms with E-state index < -0.39 is 9.84 Å². The zero-order valence-electron chi connectivity index (χ0n) is 11.7. The topological polar surface area (TPSA) is 51.1 Å². The molecule has 2 aromatic rings. The van der Waals surface area contributed by atoms with Crippen molar-refractivity contribution in [2.45, 2.75) is 32.0 Å². The minimum absolute atomic E-state index is 0.182. The molecule has 3 rings (SSSR count). The van der Waals surface area contributed by atoms with E-state index in [0.29, 0.717) is 12.6 Å². The van der Waals surface area contributed by atoms with Gasteiger partial charge in [-0.2, -0.15) is 0 Å². The highest BCUT2D eigenvalue weighted by Gasteiger charge is 2.20. The first-order chi connectivity index (χ1) is 9.53. The van der Waals surface area contributed by atoms with Gasteiger partial charge in [0, 0.05) is 42.5 Å². The summed E-state index contributed by atoms with van der Waals surface area (Å²) in [6, 6.07) is 8.86. The molecule has 1 heterocycles. The Morgan fingerprint density at radius 2 is 2.05 bits per heavy atom. The van der Waals surface area contributed by atoms with E-state index in [9.17, 15) is 8.42 Å². The number of rotatable bonds is 6. The van der Waals surface area contributed by atoms with Crippen LogP contribution in [0.2, 0.25) is 0 Å². The molecule has 20 heavy (non-hydrogen) atoms. The smallest absolute Gasteiger partial charge is 0.149 e. The second-order valence-corrected chi connectivity index (χ2v) is 7.91. The van der Waals surface area contributed by atoms with E-state index in [2.05, 4.69) is 28.2 Å². The average molecular weight is 292 g/mol. The fraction of sp³-hybridized carbons (Fsp3) is 0.467. The zero-order valence-corrected chi connectivity index (χ0v) is 12.5. The van der Waals surface area contributed by atoms with Crippen molar-refractivity contribution < 1.29 is 8.42 Å². The van der Waals surface area contributed by atoms with Crippen LogP contribution in [0.4, 0.5) is 0 Å². The highest BCUT2D eigenvalue weighted by atomic mass is 32.2. The Bertz CT molecular complexity index is 715. The van der Waals surface area contributed by atoms with Crippen LogP contribution in [-0.4, -0.2) is 31.0 Å². The summed E-state index contributed by atoms with van der Waals surface area (Å²) in [5, 5.41) is 4.74. The first-order valence-corrected chi connectivity index (χ1v) is 9.07. The van der Waals surface area contributed by atoms with Crippen molar-refractivity contribution >= 4 is 20.7 Å². The molecule has 1 N–H and O–H groups in total. The number of hydrogen-bond donors (Lipinski definition) is 1. The van der Waals surface area contributed by atoms with Gasteiger partial charge in [0.25, 0.3) is 0 Å². The van der Waals surface area contributed by atoms with E-state index in [4.69, 9.17) is 0 Å². The van der Waals surface area contributed by atoms with Gasteiger partial charge >= 0.3 is 0 Å². The SMILES string of the molecule is CS(=O)(=O)CCn1cc(CNC2CC2)c2ccccc21. The van der Waals surface area contributed by atoms with Crippen molar-refractivity contribution in [3.63, 3.8) is 0 Å². The summed E-state index contributed by atoms with van der Waals surface area (Å²) in [5.41, 5.74) is 2.37. The average Bonchev–Trinajstić information content (AvgIpc) is 3.16. The molecule has 1 fully saturated rings. The molecule has 0 radical (unpaired) electrons. The normalized spacial score (nSPS) is 15.8. The van der Waals surface area contributed by atoms with Gasteiger partial charge in [0.05, 0.1) is 5.75 Å². The standard InChI is InChI=1S/C15H20N2O2S/c1-20(18,19)9-8-17-11-12(10-16-13-6-7-13)14-4-2-3-5-15(14)17/h2-5,11,13,16H,6-10H2,1H3. The van der Waals surface area contributed by atoms with Crippen LogP contribution < -0.4 is 5.32 Å². The quantitative estimate of drug-likeness (QED) is 0.885.